The Morgan fingerprint density at radius 3 is 2.57 bits per heavy atom. The van der Waals surface area contributed by atoms with Crippen molar-refractivity contribution in [2.45, 2.75) is 38.1 Å². The first-order valence-corrected chi connectivity index (χ1v) is 9.12. The van der Waals surface area contributed by atoms with Crippen molar-refractivity contribution < 1.29 is 28.7 Å². The third-order valence-electron chi connectivity index (χ3n) is 4.73. The zero-order chi connectivity index (χ0) is 20.1. The monoisotopic (exact) mass is 387 g/mol. The smallest absolute Gasteiger partial charge is 0.326 e. The van der Waals surface area contributed by atoms with Crippen LogP contribution in [0.3, 0.4) is 0 Å². The molecule has 1 aliphatic carbocycles. The van der Waals surface area contributed by atoms with E-state index in [2.05, 4.69) is 10.6 Å². The predicted molar refractivity (Wildman–Crippen MR) is 96.1 cm³/mol. The molecule has 1 aliphatic heterocycles. The molecule has 1 heterocycles. The maximum absolute atomic E-state index is 12.4. The number of fused-ring (bicyclic) bond motifs is 1. The minimum Gasteiger partial charge on any atom is -0.454 e. The van der Waals surface area contributed by atoms with Gasteiger partial charge in [-0.25, -0.2) is 4.79 Å². The van der Waals surface area contributed by atoms with Gasteiger partial charge in [-0.15, -0.1) is 0 Å². The molecule has 148 valence electrons. The highest BCUT2D eigenvalue weighted by atomic mass is 16.5. The normalized spacial score (nSPS) is 16.5. The molecule has 0 saturated heterocycles. The summed E-state index contributed by atoms with van der Waals surface area (Å²) >= 11 is 0. The van der Waals surface area contributed by atoms with Gasteiger partial charge in [-0.05, 0) is 24.5 Å². The molecule has 2 N–H and O–H groups in total. The van der Waals surface area contributed by atoms with Gasteiger partial charge in [0.15, 0.2) is 6.61 Å². The van der Waals surface area contributed by atoms with Crippen molar-refractivity contribution in [1.82, 2.24) is 15.5 Å². The van der Waals surface area contributed by atoms with E-state index in [1.54, 1.807) is 24.3 Å². The van der Waals surface area contributed by atoms with Gasteiger partial charge in [-0.1, -0.05) is 31.0 Å². The van der Waals surface area contributed by atoms with Crippen molar-refractivity contribution in [3.8, 4) is 0 Å². The van der Waals surface area contributed by atoms with Crippen LogP contribution in [0.1, 0.15) is 41.6 Å². The summed E-state index contributed by atoms with van der Waals surface area (Å²) in [6.07, 6.45) is 3.83. The van der Waals surface area contributed by atoms with Crippen molar-refractivity contribution in [2.75, 3.05) is 13.2 Å². The van der Waals surface area contributed by atoms with Crippen molar-refractivity contribution in [1.29, 1.82) is 0 Å². The SMILES string of the molecule is O=C(COC(=O)CN1C(=O)Cc2ccccc2C1=O)NC(=O)NC1CCCC1. The maximum Gasteiger partial charge on any atom is 0.326 e. The van der Waals surface area contributed by atoms with Crippen molar-refractivity contribution in [3.63, 3.8) is 0 Å². The molecule has 2 aliphatic rings. The van der Waals surface area contributed by atoms with Crippen LogP contribution in [0.2, 0.25) is 0 Å². The standard InChI is InChI=1S/C19H21N3O6/c23-15(21-19(27)20-13-6-2-3-7-13)11-28-17(25)10-22-16(24)9-12-5-1-4-8-14(12)18(22)26/h1,4-5,8,13H,2-3,6-7,9-11H2,(H2,20,21,23,27). The summed E-state index contributed by atoms with van der Waals surface area (Å²) in [6, 6.07) is 6.08. The molecule has 1 saturated carbocycles. The number of carbonyl (C=O) groups excluding carboxylic acids is 5. The van der Waals surface area contributed by atoms with Crippen LogP contribution in [0.4, 0.5) is 4.79 Å². The Hall–Kier alpha value is -3.23. The molecular weight excluding hydrogens is 366 g/mol. The first kappa shape index (κ1) is 19.5. The highest BCUT2D eigenvalue weighted by molar-refractivity contribution is 6.11. The number of hydrogen-bond acceptors (Lipinski definition) is 6. The fraction of sp³-hybridized carbons (Fsp3) is 0.421. The topological polar surface area (TPSA) is 122 Å². The number of carbonyl (C=O) groups is 5. The zero-order valence-corrected chi connectivity index (χ0v) is 15.2. The predicted octanol–water partition coefficient (Wildman–Crippen LogP) is 0.523. The Bertz CT molecular complexity index is 816. The second-order valence-electron chi connectivity index (χ2n) is 6.78. The first-order chi connectivity index (χ1) is 13.4. The van der Waals surface area contributed by atoms with Crippen LogP contribution in [0, 0.1) is 0 Å². The van der Waals surface area contributed by atoms with E-state index in [1.165, 1.54) is 0 Å². The number of nitrogens with one attached hydrogen (secondary N) is 2. The van der Waals surface area contributed by atoms with Crippen LogP contribution in [-0.2, 0) is 25.5 Å². The molecule has 0 bridgehead atoms. The summed E-state index contributed by atoms with van der Waals surface area (Å²) in [5.74, 6) is -2.79. The second kappa shape index (κ2) is 8.64. The molecule has 0 spiro atoms. The van der Waals surface area contributed by atoms with E-state index in [0.29, 0.717) is 11.1 Å². The number of esters is 1. The lowest BCUT2D eigenvalue weighted by atomic mass is 9.98. The number of ether oxygens (including phenoxy) is 1. The van der Waals surface area contributed by atoms with Crippen LogP contribution >= 0.6 is 0 Å². The van der Waals surface area contributed by atoms with Gasteiger partial charge in [0.25, 0.3) is 11.8 Å². The average Bonchev–Trinajstić information content (AvgIpc) is 3.16. The molecule has 0 unspecified atom stereocenters. The van der Waals surface area contributed by atoms with Gasteiger partial charge in [-0.3, -0.25) is 29.4 Å². The molecule has 5 amide bonds. The molecule has 28 heavy (non-hydrogen) atoms. The molecule has 0 atom stereocenters. The van der Waals surface area contributed by atoms with E-state index in [9.17, 15) is 24.0 Å². The molecule has 1 aromatic rings. The largest absolute Gasteiger partial charge is 0.454 e. The highest BCUT2D eigenvalue weighted by Gasteiger charge is 2.32. The summed E-state index contributed by atoms with van der Waals surface area (Å²) in [5.41, 5.74) is 0.964. The quantitative estimate of drug-likeness (QED) is 0.561. The molecule has 1 aromatic carbocycles. The fourth-order valence-electron chi connectivity index (χ4n) is 3.34. The summed E-state index contributed by atoms with van der Waals surface area (Å²) in [6.45, 7) is -1.27. The van der Waals surface area contributed by atoms with Gasteiger partial charge in [0.1, 0.15) is 6.54 Å². The van der Waals surface area contributed by atoms with Crippen LogP contribution in [0.15, 0.2) is 24.3 Å². The molecule has 0 radical (unpaired) electrons. The highest BCUT2D eigenvalue weighted by Crippen LogP contribution is 2.19. The number of amides is 5. The molecular formula is C19H21N3O6. The Morgan fingerprint density at radius 1 is 1.11 bits per heavy atom. The van der Waals surface area contributed by atoms with Gasteiger partial charge in [0, 0.05) is 11.6 Å². The van der Waals surface area contributed by atoms with Gasteiger partial charge < -0.3 is 10.1 Å². The molecule has 0 aromatic heterocycles. The first-order valence-electron chi connectivity index (χ1n) is 9.12. The lowest BCUT2D eigenvalue weighted by Gasteiger charge is -2.25. The van der Waals surface area contributed by atoms with E-state index in [0.717, 1.165) is 30.6 Å². The molecule has 1 fully saturated rings. The Kier molecular flexibility index (Phi) is 6.03. The number of imide groups is 2. The lowest BCUT2D eigenvalue weighted by Crippen LogP contribution is -2.47. The van der Waals surface area contributed by atoms with E-state index in [-0.39, 0.29) is 12.5 Å². The number of urea groups is 1. The molecule has 9 nitrogen and oxygen atoms in total. The van der Waals surface area contributed by atoms with Gasteiger partial charge in [0.2, 0.25) is 5.91 Å². The molecule has 9 heteroatoms. The summed E-state index contributed by atoms with van der Waals surface area (Å²) in [4.78, 5) is 60.6. The number of benzene rings is 1. The average molecular weight is 387 g/mol. The van der Waals surface area contributed by atoms with Crippen LogP contribution in [0.25, 0.3) is 0 Å². The Balaban J connectivity index is 1.45. The summed E-state index contributed by atoms with van der Waals surface area (Å²) in [5, 5.41) is 4.76. The Labute approximate surface area is 161 Å². The van der Waals surface area contributed by atoms with E-state index < -0.39 is 42.9 Å². The summed E-state index contributed by atoms with van der Waals surface area (Å²) in [7, 11) is 0. The minimum atomic E-state index is -0.910. The van der Waals surface area contributed by atoms with Crippen LogP contribution in [0.5, 0.6) is 0 Å². The lowest BCUT2D eigenvalue weighted by molar-refractivity contribution is -0.151. The van der Waals surface area contributed by atoms with Crippen molar-refractivity contribution >= 4 is 29.7 Å². The third kappa shape index (κ3) is 4.73. The van der Waals surface area contributed by atoms with E-state index >= 15 is 0 Å². The maximum atomic E-state index is 12.4. The second-order valence-corrected chi connectivity index (χ2v) is 6.78. The van der Waals surface area contributed by atoms with Crippen LogP contribution < -0.4 is 10.6 Å². The van der Waals surface area contributed by atoms with Crippen molar-refractivity contribution in [2.24, 2.45) is 0 Å². The number of nitrogens with zero attached hydrogens (tertiary/aromatic N) is 1. The molecule has 3 rings (SSSR count). The number of hydrogen-bond donors (Lipinski definition) is 2. The van der Waals surface area contributed by atoms with Gasteiger partial charge in [-0.2, -0.15) is 0 Å². The third-order valence-corrected chi connectivity index (χ3v) is 4.73. The van der Waals surface area contributed by atoms with E-state index in [4.69, 9.17) is 4.74 Å². The zero-order valence-electron chi connectivity index (χ0n) is 15.2. The number of rotatable bonds is 5. The van der Waals surface area contributed by atoms with Gasteiger partial charge >= 0.3 is 12.0 Å². The minimum absolute atomic E-state index is 0.0109. The van der Waals surface area contributed by atoms with Crippen LogP contribution in [-0.4, -0.2) is 53.8 Å². The Morgan fingerprint density at radius 2 is 1.82 bits per heavy atom. The van der Waals surface area contributed by atoms with E-state index in [1.807, 2.05) is 0 Å². The van der Waals surface area contributed by atoms with Crippen molar-refractivity contribution in [3.05, 3.63) is 35.4 Å². The van der Waals surface area contributed by atoms with Gasteiger partial charge in [0.05, 0.1) is 6.42 Å². The fourth-order valence-corrected chi connectivity index (χ4v) is 3.34. The summed E-state index contributed by atoms with van der Waals surface area (Å²) < 4.78 is 4.78.